The molecule has 0 bridgehead atoms. The molecule has 0 radical (unpaired) electrons. The standard InChI is InChI=1S/C21H20BrNO5/c1-25-18-8-6-14(10-20(18)26-2)12-23-21(24)19-9-7-17(28-19)13-27-16-5-3-4-15(22)11-16/h3-11H,12-13H2,1-2H3,(H,23,24). The molecule has 1 heterocycles. The Bertz CT molecular complexity index is 953. The van der Waals surface area contributed by atoms with E-state index in [1.807, 2.05) is 36.4 Å². The minimum atomic E-state index is -0.302. The molecule has 0 saturated heterocycles. The summed E-state index contributed by atoms with van der Waals surface area (Å²) in [4.78, 5) is 12.3. The molecule has 0 aliphatic carbocycles. The smallest absolute Gasteiger partial charge is 0.287 e. The summed E-state index contributed by atoms with van der Waals surface area (Å²) in [5.74, 6) is 2.45. The van der Waals surface area contributed by atoms with Crippen molar-refractivity contribution < 1.29 is 23.4 Å². The number of rotatable bonds is 8. The molecule has 0 fully saturated rings. The van der Waals surface area contributed by atoms with Crippen molar-refractivity contribution in [3.05, 3.63) is 76.2 Å². The maximum Gasteiger partial charge on any atom is 0.287 e. The summed E-state index contributed by atoms with van der Waals surface area (Å²) in [6.45, 7) is 0.573. The first-order chi connectivity index (χ1) is 13.6. The van der Waals surface area contributed by atoms with E-state index in [9.17, 15) is 4.79 Å². The Kier molecular flexibility index (Phi) is 6.60. The van der Waals surface area contributed by atoms with Gasteiger partial charge < -0.3 is 23.9 Å². The van der Waals surface area contributed by atoms with Crippen LogP contribution in [0, 0.1) is 0 Å². The van der Waals surface area contributed by atoms with Gasteiger partial charge in [0, 0.05) is 11.0 Å². The van der Waals surface area contributed by atoms with Gasteiger partial charge in [0.25, 0.3) is 5.91 Å². The molecule has 0 aliphatic rings. The lowest BCUT2D eigenvalue weighted by atomic mass is 10.2. The molecule has 1 amide bonds. The number of hydrogen-bond donors (Lipinski definition) is 1. The van der Waals surface area contributed by atoms with E-state index < -0.39 is 0 Å². The van der Waals surface area contributed by atoms with Gasteiger partial charge in [0.1, 0.15) is 18.1 Å². The molecular formula is C21H20BrNO5. The van der Waals surface area contributed by atoms with E-state index >= 15 is 0 Å². The van der Waals surface area contributed by atoms with Crippen molar-refractivity contribution >= 4 is 21.8 Å². The molecule has 7 heteroatoms. The van der Waals surface area contributed by atoms with Crippen molar-refractivity contribution in [3.63, 3.8) is 0 Å². The van der Waals surface area contributed by atoms with Gasteiger partial charge in [-0.1, -0.05) is 28.1 Å². The first-order valence-electron chi connectivity index (χ1n) is 8.55. The highest BCUT2D eigenvalue weighted by atomic mass is 79.9. The minimum Gasteiger partial charge on any atom is -0.493 e. The summed E-state index contributed by atoms with van der Waals surface area (Å²) in [5, 5.41) is 2.82. The summed E-state index contributed by atoms with van der Waals surface area (Å²) in [6, 6.07) is 16.3. The Labute approximate surface area is 171 Å². The molecule has 1 N–H and O–H groups in total. The maximum absolute atomic E-state index is 12.3. The minimum absolute atomic E-state index is 0.230. The number of hydrogen-bond acceptors (Lipinski definition) is 5. The monoisotopic (exact) mass is 445 g/mol. The van der Waals surface area contributed by atoms with Crippen LogP contribution in [0.4, 0.5) is 0 Å². The predicted molar refractivity (Wildman–Crippen MR) is 108 cm³/mol. The van der Waals surface area contributed by atoms with Crippen molar-refractivity contribution in [3.8, 4) is 17.2 Å². The summed E-state index contributed by atoms with van der Waals surface area (Å²) in [5.41, 5.74) is 0.885. The van der Waals surface area contributed by atoms with Gasteiger partial charge in [0.05, 0.1) is 14.2 Å². The zero-order chi connectivity index (χ0) is 19.9. The molecule has 0 atom stereocenters. The van der Waals surface area contributed by atoms with Gasteiger partial charge >= 0.3 is 0 Å². The van der Waals surface area contributed by atoms with Crippen LogP contribution in [0.1, 0.15) is 21.9 Å². The van der Waals surface area contributed by atoms with Crippen LogP contribution < -0.4 is 19.5 Å². The van der Waals surface area contributed by atoms with E-state index in [4.69, 9.17) is 18.6 Å². The van der Waals surface area contributed by atoms with Gasteiger partial charge in [-0.3, -0.25) is 4.79 Å². The number of furan rings is 1. The van der Waals surface area contributed by atoms with Gasteiger partial charge in [-0.05, 0) is 48.0 Å². The van der Waals surface area contributed by atoms with Crippen LogP contribution >= 0.6 is 15.9 Å². The second-order valence-electron chi connectivity index (χ2n) is 5.88. The first-order valence-corrected chi connectivity index (χ1v) is 9.34. The number of nitrogens with one attached hydrogen (secondary N) is 1. The lowest BCUT2D eigenvalue weighted by Gasteiger charge is -2.10. The Balaban J connectivity index is 1.55. The molecule has 28 heavy (non-hydrogen) atoms. The summed E-state index contributed by atoms with van der Waals surface area (Å²) in [6.07, 6.45) is 0. The van der Waals surface area contributed by atoms with Crippen LogP contribution in [0.3, 0.4) is 0 Å². The molecule has 1 aromatic heterocycles. The Morgan fingerprint density at radius 1 is 1.04 bits per heavy atom. The van der Waals surface area contributed by atoms with Crippen LogP contribution in [0.5, 0.6) is 17.2 Å². The van der Waals surface area contributed by atoms with E-state index in [0.29, 0.717) is 29.6 Å². The Morgan fingerprint density at radius 3 is 2.61 bits per heavy atom. The Morgan fingerprint density at radius 2 is 1.86 bits per heavy atom. The van der Waals surface area contributed by atoms with Gasteiger partial charge in [-0.25, -0.2) is 0 Å². The highest BCUT2D eigenvalue weighted by Gasteiger charge is 2.12. The molecule has 0 aliphatic heterocycles. The van der Waals surface area contributed by atoms with Crippen LogP contribution in [-0.4, -0.2) is 20.1 Å². The molecule has 0 saturated carbocycles. The fourth-order valence-corrected chi connectivity index (χ4v) is 2.93. The first kappa shape index (κ1) is 19.8. The third-order valence-corrected chi connectivity index (χ3v) is 4.46. The van der Waals surface area contributed by atoms with E-state index in [0.717, 1.165) is 10.0 Å². The van der Waals surface area contributed by atoms with Gasteiger partial charge in [0.15, 0.2) is 17.3 Å². The zero-order valence-electron chi connectivity index (χ0n) is 15.5. The fourth-order valence-electron chi connectivity index (χ4n) is 2.55. The van der Waals surface area contributed by atoms with Crippen molar-refractivity contribution in [2.45, 2.75) is 13.2 Å². The molecule has 0 unspecified atom stereocenters. The average molecular weight is 446 g/mol. The number of benzene rings is 2. The summed E-state index contributed by atoms with van der Waals surface area (Å²) in [7, 11) is 3.15. The highest BCUT2D eigenvalue weighted by molar-refractivity contribution is 9.10. The van der Waals surface area contributed by atoms with E-state index in [1.165, 1.54) is 0 Å². The van der Waals surface area contributed by atoms with Crippen molar-refractivity contribution in [1.29, 1.82) is 0 Å². The SMILES string of the molecule is COc1ccc(CNC(=O)c2ccc(COc3cccc(Br)c3)o2)cc1OC. The average Bonchev–Trinajstić information content (AvgIpc) is 3.19. The zero-order valence-corrected chi connectivity index (χ0v) is 17.1. The molecule has 6 nitrogen and oxygen atoms in total. The molecule has 3 aromatic rings. The van der Waals surface area contributed by atoms with Gasteiger partial charge in [-0.15, -0.1) is 0 Å². The van der Waals surface area contributed by atoms with E-state index in [2.05, 4.69) is 21.2 Å². The maximum atomic E-state index is 12.3. The largest absolute Gasteiger partial charge is 0.493 e. The van der Waals surface area contributed by atoms with Crippen molar-refractivity contribution in [2.75, 3.05) is 14.2 Å². The second kappa shape index (κ2) is 9.32. The van der Waals surface area contributed by atoms with Gasteiger partial charge in [-0.2, -0.15) is 0 Å². The summed E-state index contributed by atoms with van der Waals surface area (Å²) < 4.78 is 22.6. The predicted octanol–water partition coefficient (Wildman–Crippen LogP) is 4.57. The fraction of sp³-hybridized carbons (Fsp3) is 0.190. The Hall–Kier alpha value is -2.93. The summed E-state index contributed by atoms with van der Waals surface area (Å²) >= 11 is 3.39. The number of amides is 1. The molecule has 146 valence electrons. The van der Waals surface area contributed by atoms with Crippen LogP contribution in [0.25, 0.3) is 0 Å². The quantitative estimate of drug-likeness (QED) is 0.549. The topological polar surface area (TPSA) is 69.9 Å². The van der Waals surface area contributed by atoms with Crippen molar-refractivity contribution in [2.24, 2.45) is 0 Å². The van der Waals surface area contributed by atoms with Gasteiger partial charge in [0.2, 0.25) is 0 Å². The van der Waals surface area contributed by atoms with Crippen LogP contribution in [-0.2, 0) is 13.2 Å². The number of carbonyl (C=O) groups excluding carboxylic acids is 1. The van der Waals surface area contributed by atoms with Crippen molar-refractivity contribution in [1.82, 2.24) is 5.32 Å². The third-order valence-electron chi connectivity index (χ3n) is 3.96. The van der Waals surface area contributed by atoms with Crippen LogP contribution in [0.2, 0.25) is 0 Å². The second-order valence-corrected chi connectivity index (χ2v) is 6.80. The van der Waals surface area contributed by atoms with E-state index in [-0.39, 0.29) is 18.3 Å². The number of ether oxygens (including phenoxy) is 3. The lowest BCUT2D eigenvalue weighted by Crippen LogP contribution is -2.22. The molecular weight excluding hydrogens is 426 g/mol. The normalized spacial score (nSPS) is 10.4. The number of halogens is 1. The highest BCUT2D eigenvalue weighted by Crippen LogP contribution is 2.27. The molecule has 2 aromatic carbocycles. The third kappa shape index (κ3) is 5.07. The lowest BCUT2D eigenvalue weighted by molar-refractivity contribution is 0.0919. The number of methoxy groups -OCH3 is 2. The molecule has 0 spiro atoms. The number of carbonyl (C=O) groups is 1. The van der Waals surface area contributed by atoms with Crippen LogP contribution in [0.15, 0.2) is 63.5 Å². The van der Waals surface area contributed by atoms with E-state index in [1.54, 1.807) is 32.4 Å². The molecule has 3 rings (SSSR count).